The molecule has 152 valence electrons. The topological polar surface area (TPSA) is 56.9 Å². The largest absolute Gasteiger partial charge is 0.358 e. The molecule has 1 aliphatic carbocycles. The summed E-state index contributed by atoms with van der Waals surface area (Å²) in [5.41, 5.74) is 2.57. The molecule has 1 fully saturated rings. The van der Waals surface area contributed by atoms with Gasteiger partial charge in [-0.3, -0.25) is 4.79 Å². The number of H-pyrrole nitrogens is 1. The summed E-state index contributed by atoms with van der Waals surface area (Å²) in [6.07, 6.45) is 1.69. The summed E-state index contributed by atoms with van der Waals surface area (Å²) in [6, 6.07) is 8.21. The van der Waals surface area contributed by atoms with Crippen LogP contribution in [0.5, 0.6) is 0 Å². The quantitative estimate of drug-likeness (QED) is 0.583. The Labute approximate surface area is 166 Å². The molecule has 0 bridgehead atoms. The minimum atomic E-state index is -0.641. The van der Waals surface area contributed by atoms with Gasteiger partial charge in [-0.25, -0.2) is 13.2 Å². The molecule has 1 aliphatic rings. The van der Waals surface area contributed by atoms with Crippen LogP contribution < -0.4 is 10.6 Å². The van der Waals surface area contributed by atoms with Crippen LogP contribution in [0.15, 0.2) is 36.4 Å². The Hall–Kier alpha value is -2.80. The lowest BCUT2D eigenvalue weighted by molar-refractivity contribution is -0.119. The third kappa shape index (κ3) is 3.87. The number of aromatic amines is 1. The molecule has 1 amide bonds. The number of likely N-dealkylation sites (N-methyl/N-ethyl adjacent to an activating group) is 1. The molecular weight excluding hydrogens is 379 g/mol. The monoisotopic (exact) mass is 401 g/mol. The SMILES string of the molecule is CNC(=O)CNCC1CC(c2c(-c3ccc(F)cc3)[nH]c3c(F)cc(F)cc23)C1. The molecule has 0 atom stereocenters. The van der Waals surface area contributed by atoms with Gasteiger partial charge in [-0.1, -0.05) is 0 Å². The maximum Gasteiger partial charge on any atom is 0.233 e. The number of aromatic nitrogens is 1. The third-order valence-electron chi connectivity index (χ3n) is 5.64. The third-order valence-corrected chi connectivity index (χ3v) is 5.64. The van der Waals surface area contributed by atoms with Gasteiger partial charge in [0.25, 0.3) is 0 Å². The molecular formula is C22H22F3N3O. The van der Waals surface area contributed by atoms with E-state index in [-0.39, 0.29) is 29.7 Å². The number of carbonyl (C=O) groups is 1. The summed E-state index contributed by atoms with van der Waals surface area (Å²) < 4.78 is 41.7. The minimum Gasteiger partial charge on any atom is -0.358 e. The molecule has 0 radical (unpaired) electrons. The van der Waals surface area contributed by atoms with Crippen molar-refractivity contribution < 1.29 is 18.0 Å². The highest BCUT2D eigenvalue weighted by Gasteiger charge is 2.34. The van der Waals surface area contributed by atoms with E-state index in [9.17, 15) is 18.0 Å². The molecule has 1 aromatic heterocycles. The fourth-order valence-electron chi connectivity index (χ4n) is 4.12. The molecule has 3 aromatic rings. The number of nitrogens with one attached hydrogen (secondary N) is 3. The summed E-state index contributed by atoms with van der Waals surface area (Å²) >= 11 is 0. The van der Waals surface area contributed by atoms with Crippen molar-refractivity contribution in [1.82, 2.24) is 15.6 Å². The van der Waals surface area contributed by atoms with Crippen molar-refractivity contribution in [2.75, 3.05) is 20.1 Å². The fourth-order valence-corrected chi connectivity index (χ4v) is 4.12. The van der Waals surface area contributed by atoms with Gasteiger partial charge in [0.1, 0.15) is 17.5 Å². The summed E-state index contributed by atoms with van der Waals surface area (Å²) in [4.78, 5) is 14.4. The molecule has 0 spiro atoms. The minimum absolute atomic E-state index is 0.0675. The van der Waals surface area contributed by atoms with Crippen LogP contribution in [0.25, 0.3) is 22.2 Å². The van der Waals surface area contributed by atoms with Gasteiger partial charge in [-0.2, -0.15) is 0 Å². The fraction of sp³-hybridized carbons (Fsp3) is 0.318. The van der Waals surface area contributed by atoms with Crippen LogP contribution in [0.2, 0.25) is 0 Å². The van der Waals surface area contributed by atoms with E-state index in [1.165, 1.54) is 18.2 Å². The molecule has 4 nitrogen and oxygen atoms in total. The first kappa shape index (κ1) is 19.5. The molecule has 3 N–H and O–H groups in total. The van der Waals surface area contributed by atoms with Gasteiger partial charge in [-0.05, 0) is 72.7 Å². The number of halogens is 3. The standard InChI is InChI=1S/C22H22F3N3O/c1-26-19(29)11-27-10-12-6-14(7-12)20-17-8-16(24)9-18(25)22(17)28-21(20)13-2-4-15(23)5-3-13/h2-5,8-9,12,14,27-28H,6-7,10-11H2,1H3,(H,26,29). The number of carbonyl (C=O) groups excluding carboxylic acids is 1. The Morgan fingerprint density at radius 1 is 1.10 bits per heavy atom. The molecule has 29 heavy (non-hydrogen) atoms. The number of rotatable bonds is 6. The number of hydrogen-bond donors (Lipinski definition) is 3. The van der Waals surface area contributed by atoms with E-state index >= 15 is 0 Å². The Bertz CT molecular complexity index is 1040. The van der Waals surface area contributed by atoms with Crippen molar-refractivity contribution >= 4 is 16.8 Å². The average molecular weight is 401 g/mol. The van der Waals surface area contributed by atoms with Crippen LogP contribution in [0, 0.1) is 23.4 Å². The summed E-state index contributed by atoms with van der Waals surface area (Å²) in [7, 11) is 1.59. The highest BCUT2D eigenvalue weighted by Crippen LogP contribution is 2.48. The zero-order chi connectivity index (χ0) is 20.5. The lowest BCUT2D eigenvalue weighted by Crippen LogP contribution is -2.37. The molecule has 2 aromatic carbocycles. The van der Waals surface area contributed by atoms with E-state index in [4.69, 9.17) is 0 Å². The second-order valence-electron chi connectivity index (χ2n) is 7.57. The molecule has 0 saturated heterocycles. The lowest BCUT2D eigenvalue weighted by Gasteiger charge is -2.36. The Morgan fingerprint density at radius 3 is 2.52 bits per heavy atom. The number of fused-ring (bicyclic) bond motifs is 1. The van der Waals surface area contributed by atoms with E-state index in [1.54, 1.807) is 19.2 Å². The van der Waals surface area contributed by atoms with Gasteiger partial charge in [0.2, 0.25) is 5.91 Å². The molecule has 0 unspecified atom stereocenters. The van der Waals surface area contributed by atoms with E-state index in [2.05, 4.69) is 15.6 Å². The Morgan fingerprint density at radius 2 is 1.83 bits per heavy atom. The highest BCUT2D eigenvalue weighted by molar-refractivity contribution is 5.92. The number of hydrogen-bond acceptors (Lipinski definition) is 2. The first-order valence-electron chi connectivity index (χ1n) is 9.64. The molecule has 1 saturated carbocycles. The smallest absolute Gasteiger partial charge is 0.233 e. The van der Waals surface area contributed by atoms with Crippen molar-refractivity contribution in [3.63, 3.8) is 0 Å². The zero-order valence-corrected chi connectivity index (χ0v) is 16.0. The van der Waals surface area contributed by atoms with Crippen LogP contribution >= 0.6 is 0 Å². The zero-order valence-electron chi connectivity index (χ0n) is 16.0. The first-order valence-corrected chi connectivity index (χ1v) is 9.64. The van der Waals surface area contributed by atoms with Crippen molar-refractivity contribution in [3.05, 3.63) is 59.4 Å². The van der Waals surface area contributed by atoms with Crippen LogP contribution in [-0.2, 0) is 4.79 Å². The maximum atomic E-state index is 14.4. The molecule has 7 heteroatoms. The number of amides is 1. The van der Waals surface area contributed by atoms with Gasteiger partial charge >= 0.3 is 0 Å². The van der Waals surface area contributed by atoms with Gasteiger partial charge in [-0.15, -0.1) is 0 Å². The van der Waals surface area contributed by atoms with Crippen LogP contribution in [-0.4, -0.2) is 31.0 Å². The van der Waals surface area contributed by atoms with E-state index in [1.807, 2.05) is 0 Å². The summed E-state index contributed by atoms with van der Waals surface area (Å²) in [6.45, 7) is 0.975. The Balaban J connectivity index is 1.62. The van der Waals surface area contributed by atoms with E-state index in [0.29, 0.717) is 23.5 Å². The van der Waals surface area contributed by atoms with E-state index in [0.717, 1.165) is 30.0 Å². The molecule has 0 aliphatic heterocycles. The van der Waals surface area contributed by atoms with Crippen LogP contribution in [0.1, 0.15) is 24.3 Å². The van der Waals surface area contributed by atoms with Crippen molar-refractivity contribution in [2.45, 2.75) is 18.8 Å². The predicted octanol–water partition coefficient (Wildman–Crippen LogP) is 4.08. The van der Waals surface area contributed by atoms with Crippen LogP contribution in [0.4, 0.5) is 13.2 Å². The first-order chi connectivity index (χ1) is 14.0. The Kier molecular flexibility index (Phi) is 5.32. The van der Waals surface area contributed by atoms with Crippen LogP contribution in [0.3, 0.4) is 0 Å². The average Bonchev–Trinajstić information content (AvgIpc) is 3.03. The molecule has 4 rings (SSSR count). The molecule has 1 heterocycles. The number of benzene rings is 2. The van der Waals surface area contributed by atoms with Gasteiger partial charge in [0.15, 0.2) is 0 Å². The highest BCUT2D eigenvalue weighted by atomic mass is 19.1. The maximum absolute atomic E-state index is 14.4. The predicted molar refractivity (Wildman–Crippen MR) is 106 cm³/mol. The normalized spacial score (nSPS) is 18.6. The van der Waals surface area contributed by atoms with Gasteiger partial charge in [0.05, 0.1) is 17.8 Å². The lowest BCUT2D eigenvalue weighted by atomic mass is 9.70. The summed E-state index contributed by atoms with van der Waals surface area (Å²) in [5.74, 6) is -1.16. The summed E-state index contributed by atoms with van der Waals surface area (Å²) in [5, 5.41) is 6.22. The second kappa shape index (κ2) is 7.91. The van der Waals surface area contributed by atoms with Gasteiger partial charge < -0.3 is 15.6 Å². The second-order valence-corrected chi connectivity index (χ2v) is 7.57. The van der Waals surface area contributed by atoms with Crippen molar-refractivity contribution in [3.8, 4) is 11.3 Å². The van der Waals surface area contributed by atoms with Gasteiger partial charge in [0, 0.05) is 18.5 Å². The van der Waals surface area contributed by atoms with E-state index < -0.39 is 11.6 Å². The van der Waals surface area contributed by atoms with Crippen molar-refractivity contribution in [2.24, 2.45) is 5.92 Å². The van der Waals surface area contributed by atoms with Crippen molar-refractivity contribution in [1.29, 1.82) is 0 Å².